The molecule has 4 rings (SSSR count). The maximum absolute atomic E-state index is 12.7. The third-order valence-electron chi connectivity index (χ3n) is 3.96. The molecule has 0 spiro atoms. The summed E-state index contributed by atoms with van der Waals surface area (Å²) in [6.45, 7) is 0. The molecule has 0 saturated heterocycles. The molecule has 0 saturated carbocycles. The number of nitrogens with zero attached hydrogens (tertiary/aromatic N) is 3. The van der Waals surface area contributed by atoms with Crippen molar-refractivity contribution in [3.8, 4) is 0 Å². The van der Waals surface area contributed by atoms with Gasteiger partial charge in [-0.05, 0) is 23.6 Å². The van der Waals surface area contributed by atoms with Crippen LogP contribution in [0, 0.1) is 0 Å². The summed E-state index contributed by atoms with van der Waals surface area (Å²) in [6, 6.07) is 15.8. The van der Waals surface area contributed by atoms with Crippen LogP contribution in [0.5, 0.6) is 0 Å². The van der Waals surface area contributed by atoms with Gasteiger partial charge in [0, 0.05) is 25.7 Å². The third-order valence-corrected chi connectivity index (χ3v) is 4.89. The fourth-order valence-electron chi connectivity index (χ4n) is 2.81. The molecule has 0 aliphatic carbocycles. The molecule has 0 aliphatic rings. The summed E-state index contributed by atoms with van der Waals surface area (Å²) in [5.74, 6) is 0.423. The Balaban J connectivity index is 1.72. The predicted octanol–water partition coefficient (Wildman–Crippen LogP) is 4.16. The lowest BCUT2D eigenvalue weighted by atomic mass is 10.1. The summed E-state index contributed by atoms with van der Waals surface area (Å²) in [7, 11) is 3.73. The Labute approximate surface area is 148 Å². The molecule has 0 fully saturated rings. The van der Waals surface area contributed by atoms with E-state index in [4.69, 9.17) is 0 Å². The average Bonchev–Trinajstić information content (AvgIpc) is 3.04. The predicted molar refractivity (Wildman–Crippen MR) is 104 cm³/mol. The van der Waals surface area contributed by atoms with Crippen LogP contribution in [-0.2, 0) is 0 Å². The minimum absolute atomic E-state index is 0.208. The van der Waals surface area contributed by atoms with Crippen LogP contribution in [0.15, 0.2) is 54.7 Å². The van der Waals surface area contributed by atoms with Crippen molar-refractivity contribution in [2.75, 3.05) is 24.3 Å². The van der Waals surface area contributed by atoms with E-state index in [1.54, 1.807) is 18.3 Å². The number of pyridine rings is 1. The van der Waals surface area contributed by atoms with Crippen molar-refractivity contribution in [1.82, 2.24) is 9.97 Å². The van der Waals surface area contributed by atoms with Crippen LogP contribution in [-0.4, -0.2) is 30.0 Å². The second-order valence-corrected chi connectivity index (χ2v) is 6.91. The van der Waals surface area contributed by atoms with Crippen molar-refractivity contribution in [1.29, 1.82) is 0 Å². The Hall–Kier alpha value is -2.99. The SMILES string of the molecule is CN(C)c1ncccc1C(=O)Nc1nc2c(ccc3ccccc32)s1. The zero-order valence-electron chi connectivity index (χ0n) is 13.9. The van der Waals surface area contributed by atoms with Gasteiger partial charge in [-0.25, -0.2) is 9.97 Å². The van der Waals surface area contributed by atoms with Gasteiger partial charge in [0.05, 0.1) is 15.8 Å². The molecule has 1 N–H and O–H groups in total. The standard InChI is InChI=1S/C19H16N4OS/c1-23(2)17-14(8-5-11-20-17)18(24)22-19-21-16-13-7-4-3-6-12(13)9-10-15(16)25-19/h3-11H,1-2H3,(H,21,22,24). The van der Waals surface area contributed by atoms with Crippen molar-refractivity contribution in [2.45, 2.75) is 0 Å². The molecule has 2 aromatic heterocycles. The molecule has 0 bridgehead atoms. The van der Waals surface area contributed by atoms with E-state index in [-0.39, 0.29) is 5.91 Å². The van der Waals surface area contributed by atoms with E-state index in [1.165, 1.54) is 11.3 Å². The summed E-state index contributed by atoms with van der Waals surface area (Å²) in [5.41, 5.74) is 1.44. The van der Waals surface area contributed by atoms with Gasteiger partial charge in [0.2, 0.25) is 0 Å². The van der Waals surface area contributed by atoms with Crippen molar-refractivity contribution in [3.05, 3.63) is 60.3 Å². The highest BCUT2D eigenvalue weighted by Gasteiger charge is 2.16. The van der Waals surface area contributed by atoms with E-state index < -0.39 is 0 Å². The van der Waals surface area contributed by atoms with E-state index in [0.29, 0.717) is 16.5 Å². The van der Waals surface area contributed by atoms with Gasteiger partial charge in [-0.2, -0.15) is 0 Å². The van der Waals surface area contributed by atoms with E-state index in [2.05, 4.69) is 27.4 Å². The van der Waals surface area contributed by atoms with Crippen LogP contribution in [0.2, 0.25) is 0 Å². The Morgan fingerprint density at radius 3 is 2.76 bits per heavy atom. The van der Waals surface area contributed by atoms with Crippen molar-refractivity contribution < 1.29 is 4.79 Å². The molecule has 0 unspecified atom stereocenters. The number of benzene rings is 2. The number of aromatic nitrogens is 2. The highest BCUT2D eigenvalue weighted by atomic mass is 32.1. The second kappa shape index (κ2) is 6.14. The number of thiazole rings is 1. The number of carbonyl (C=O) groups is 1. The molecule has 6 heteroatoms. The molecule has 5 nitrogen and oxygen atoms in total. The molecule has 1 amide bonds. The Bertz CT molecular complexity index is 1090. The lowest BCUT2D eigenvalue weighted by molar-refractivity contribution is 0.102. The molecule has 2 heterocycles. The number of nitrogens with one attached hydrogen (secondary N) is 1. The van der Waals surface area contributed by atoms with Crippen molar-refractivity contribution >= 4 is 49.2 Å². The Kier molecular flexibility index (Phi) is 3.82. The number of rotatable bonds is 3. The van der Waals surface area contributed by atoms with Crippen LogP contribution in [0.4, 0.5) is 10.9 Å². The van der Waals surface area contributed by atoms with Crippen molar-refractivity contribution in [3.63, 3.8) is 0 Å². The van der Waals surface area contributed by atoms with Crippen LogP contribution >= 0.6 is 11.3 Å². The molecule has 4 aromatic rings. The van der Waals surface area contributed by atoms with Gasteiger partial charge in [-0.1, -0.05) is 41.7 Å². The first-order chi connectivity index (χ1) is 12.1. The first kappa shape index (κ1) is 15.5. The van der Waals surface area contributed by atoms with Crippen LogP contribution in [0.25, 0.3) is 21.0 Å². The summed E-state index contributed by atoms with van der Waals surface area (Å²) in [5, 5.41) is 5.73. The maximum atomic E-state index is 12.7. The van der Waals surface area contributed by atoms with E-state index in [1.807, 2.05) is 43.3 Å². The fraction of sp³-hybridized carbons (Fsp3) is 0.105. The molecule has 25 heavy (non-hydrogen) atoms. The van der Waals surface area contributed by atoms with Crippen LogP contribution in [0.3, 0.4) is 0 Å². The smallest absolute Gasteiger partial charge is 0.261 e. The van der Waals surface area contributed by atoms with Gasteiger partial charge in [0.1, 0.15) is 5.82 Å². The summed E-state index contributed by atoms with van der Waals surface area (Å²) >= 11 is 1.47. The first-order valence-corrected chi connectivity index (χ1v) is 8.67. The summed E-state index contributed by atoms with van der Waals surface area (Å²) in [6.07, 6.45) is 1.68. The van der Waals surface area contributed by atoms with Gasteiger partial charge in [0.15, 0.2) is 5.13 Å². The number of carbonyl (C=O) groups excluding carboxylic acids is 1. The zero-order chi connectivity index (χ0) is 17.4. The third kappa shape index (κ3) is 2.81. The zero-order valence-corrected chi connectivity index (χ0v) is 14.7. The Morgan fingerprint density at radius 1 is 1.08 bits per heavy atom. The number of hydrogen-bond donors (Lipinski definition) is 1. The van der Waals surface area contributed by atoms with E-state index >= 15 is 0 Å². The number of amides is 1. The van der Waals surface area contributed by atoms with Gasteiger partial charge in [-0.15, -0.1) is 0 Å². The molecule has 0 radical (unpaired) electrons. The minimum Gasteiger partial charge on any atom is -0.362 e. The maximum Gasteiger partial charge on any atom is 0.261 e. The van der Waals surface area contributed by atoms with Gasteiger partial charge in [-0.3, -0.25) is 10.1 Å². The van der Waals surface area contributed by atoms with E-state index in [0.717, 1.165) is 21.0 Å². The van der Waals surface area contributed by atoms with E-state index in [9.17, 15) is 4.79 Å². The number of hydrogen-bond acceptors (Lipinski definition) is 5. The quantitative estimate of drug-likeness (QED) is 0.604. The lowest BCUT2D eigenvalue weighted by Crippen LogP contribution is -2.19. The average molecular weight is 348 g/mol. The molecular weight excluding hydrogens is 332 g/mol. The van der Waals surface area contributed by atoms with Gasteiger partial charge < -0.3 is 4.90 Å². The van der Waals surface area contributed by atoms with Crippen LogP contribution in [0.1, 0.15) is 10.4 Å². The van der Waals surface area contributed by atoms with Crippen LogP contribution < -0.4 is 10.2 Å². The molecular formula is C19H16N4OS. The topological polar surface area (TPSA) is 58.1 Å². The summed E-state index contributed by atoms with van der Waals surface area (Å²) in [4.78, 5) is 23.4. The summed E-state index contributed by atoms with van der Waals surface area (Å²) < 4.78 is 1.05. The molecule has 0 atom stereocenters. The highest BCUT2D eigenvalue weighted by molar-refractivity contribution is 7.22. The van der Waals surface area contributed by atoms with Gasteiger partial charge >= 0.3 is 0 Å². The Morgan fingerprint density at radius 2 is 1.92 bits per heavy atom. The highest BCUT2D eigenvalue weighted by Crippen LogP contribution is 2.32. The fourth-order valence-corrected chi connectivity index (χ4v) is 3.69. The largest absolute Gasteiger partial charge is 0.362 e. The van der Waals surface area contributed by atoms with Gasteiger partial charge in [0.25, 0.3) is 5.91 Å². The normalized spacial score (nSPS) is 11.0. The minimum atomic E-state index is -0.208. The second-order valence-electron chi connectivity index (χ2n) is 5.88. The molecule has 124 valence electrons. The molecule has 2 aromatic carbocycles. The lowest BCUT2D eigenvalue weighted by Gasteiger charge is -2.14. The monoisotopic (exact) mass is 348 g/mol. The number of fused-ring (bicyclic) bond motifs is 3. The molecule has 0 aliphatic heterocycles. The van der Waals surface area contributed by atoms with Crippen molar-refractivity contribution in [2.24, 2.45) is 0 Å². The first-order valence-electron chi connectivity index (χ1n) is 7.85. The number of anilines is 2.